The highest BCUT2D eigenvalue weighted by Crippen LogP contribution is 2.21. The van der Waals surface area contributed by atoms with Gasteiger partial charge in [-0.2, -0.15) is 0 Å². The Balaban J connectivity index is 1.99. The predicted molar refractivity (Wildman–Crippen MR) is 134 cm³/mol. The summed E-state index contributed by atoms with van der Waals surface area (Å²) in [5.41, 5.74) is -0.0289. The Hall–Kier alpha value is -3.75. The lowest BCUT2D eigenvalue weighted by Gasteiger charge is -2.27. The fourth-order valence-electron chi connectivity index (χ4n) is 4.41. The van der Waals surface area contributed by atoms with E-state index in [0.717, 1.165) is 23.8 Å². The van der Waals surface area contributed by atoms with Crippen LogP contribution in [0.4, 0.5) is 0 Å². The lowest BCUT2D eigenvalue weighted by atomic mass is 10.1. The monoisotopic (exact) mass is 477 g/mol. The number of fused-ring (bicyclic) bond motifs is 1. The summed E-state index contributed by atoms with van der Waals surface area (Å²) in [6, 6.07) is 10.3. The molecule has 1 unspecified atom stereocenters. The van der Waals surface area contributed by atoms with Crippen LogP contribution < -0.4 is 16.6 Å². The number of benzene rings is 1. The van der Waals surface area contributed by atoms with Gasteiger partial charge in [0.05, 0.1) is 16.6 Å². The molecule has 1 aromatic carbocycles. The van der Waals surface area contributed by atoms with Gasteiger partial charge in [0.2, 0.25) is 5.91 Å². The molecule has 1 fully saturated rings. The smallest absolute Gasteiger partial charge is 0.337 e. The lowest BCUT2D eigenvalue weighted by molar-refractivity contribution is -0.122. The van der Waals surface area contributed by atoms with Gasteiger partial charge in [-0.15, -0.1) is 0 Å². The second kappa shape index (κ2) is 10.2. The van der Waals surface area contributed by atoms with Gasteiger partial charge in [-0.1, -0.05) is 25.1 Å². The first-order chi connectivity index (χ1) is 16.8. The summed E-state index contributed by atoms with van der Waals surface area (Å²) in [6.45, 7) is 6.30. The van der Waals surface area contributed by atoms with E-state index in [-0.39, 0.29) is 28.5 Å². The number of nitrogens with one attached hydrogen (secondary N) is 1. The molecule has 0 aliphatic carbocycles. The van der Waals surface area contributed by atoms with Crippen molar-refractivity contribution in [3.05, 3.63) is 68.5 Å². The van der Waals surface area contributed by atoms with Crippen molar-refractivity contribution in [2.24, 2.45) is 0 Å². The number of nitrogens with zero attached hydrogens (tertiary/aromatic N) is 4. The predicted octanol–water partition coefficient (Wildman–Crippen LogP) is 2.40. The largest absolute Gasteiger partial charge is 0.352 e. The van der Waals surface area contributed by atoms with Crippen molar-refractivity contribution >= 4 is 22.8 Å². The molecule has 9 heteroatoms. The van der Waals surface area contributed by atoms with Crippen LogP contribution in [0.5, 0.6) is 0 Å². The quantitative estimate of drug-likeness (QED) is 0.587. The van der Waals surface area contributed by atoms with Crippen LogP contribution in [0.3, 0.4) is 0 Å². The topological polar surface area (TPSA) is 106 Å². The maximum absolute atomic E-state index is 13.7. The molecule has 1 atom stereocenters. The third-order valence-corrected chi connectivity index (χ3v) is 6.43. The van der Waals surface area contributed by atoms with Crippen molar-refractivity contribution < 1.29 is 9.59 Å². The van der Waals surface area contributed by atoms with Crippen LogP contribution in [0.1, 0.15) is 55.6 Å². The Morgan fingerprint density at radius 1 is 1.09 bits per heavy atom. The van der Waals surface area contributed by atoms with E-state index in [1.165, 1.54) is 4.57 Å². The summed E-state index contributed by atoms with van der Waals surface area (Å²) in [6.07, 6.45) is 3.58. The highest BCUT2D eigenvalue weighted by atomic mass is 16.2. The zero-order valence-corrected chi connectivity index (χ0v) is 20.4. The van der Waals surface area contributed by atoms with Gasteiger partial charge in [0.25, 0.3) is 11.5 Å². The molecule has 35 heavy (non-hydrogen) atoms. The van der Waals surface area contributed by atoms with Gasteiger partial charge in [0.1, 0.15) is 6.54 Å². The summed E-state index contributed by atoms with van der Waals surface area (Å²) in [5.74, 6) is -0.701. The van der Waals surface area contributed by atoms with E-state index in [1.807, 2.05) is 19.9 Å². The maximum Gasteiger partial charge on any atom is 0.337 e. The van der Waals surface area contributed by atoms with Crippen molar-refractivity contribution in [1.82, 2.24) is 24.3 Å². The SMILES string of the molecule is CCC(C)NC(=O)Cn1c(=O)c2c(C(=O)N3CCCCC3)cc(C)nc2n(-c2ccccc2)c1=O. The Morgan fingerprint density at radius 3 is 2.43 bits per heavy atom. The van der Waals surface area contributed by atoms with E-state index in [4.69, 9.17) is 0 Å². The fourth-order valence-corrected chi connectivity index (χ4v) is 4.41. The van der Waals surface area contributed by atoms with E-state index >= 15 is 0 Å². The first-order valence-electron chi connectivity index (χ1n) is 12.1. The molecule has 2 amide bonds. The molecular formula is C26H31N5O4. The molecule has 3 heterocycles. The van der Waals surface area contributed by atoms with Crippen LogP contribution >= 0.6 is 0 Å². The third-order valence-electron chi connectivity index (χ3n) is 6.43. The summed E-state index contributed by atoms with van der Waals surface area (Å²) in [7, 11) is 0. The number of carbonyl (C=O) groups is 2. The van der Waals surface area contributed by atoms with Gasteiger partial charge in [-0.3, -0.25) is 14.4 Å². The van der Waals surface area contributed by atoms with Crippen LogP contribution in [0.15, 0.2) is 46.0 Å². The molecule has 1 N–H and O–H groups in total. The maximum atomic E-state index is 13.7. The standard InChI is InChI=1S/C26H31N5O4/c1-4-17(2)27-21(32)16-30-25(34)22-20(24(33)29-13-9-6-10-14-29)15-18(3)28-23(22)31(26(30)35)19-11-7-5-8-12-19/h5,7-8,11-12,15,17H,4,6,9-10,13-14,16H2,1-3H3,(H,27,32). The minimum Gasteiger partial charge on any atom is -0.352 e. The number of aryl methyl sites for hydroxylation is 1. The average molecular weight is 478 g/mol. The Bertz CT molecular complexity index is 1370. The molecule has 0 saturated carbocycles. The minimum atomic E-state index is -0.690. The molecule has 1 aliphatic heterocycles. The van der Waals surface area contributed by atoms with Crippen molar-refractivity contribution in [3.8, 4) is 5.69 Å². The zero-order valence-electron chi connectivity index (χ0n) is 20.4. The summed E-state index contributed by atoms with van der Waals surface area (Å²) >= 11 is 0. The van der Waals surface area contributed by atoms with Crippen LogP contribution in [-0.4, -0.2) is 50.0 Å². The number of pyridine rings is 1. The average Bonchev–Trinajstić information content (AvgIpc) is 2.86. The van der Waals surface area contributed by atoms with E-state index in [0.29, 0.717) is 30.9 Å². The first-order valence-corrected chi connectivity index (χ1v) is 12.1. The zero-order chi connectivity index (χ0) is 25.1. The van der Waals surface area contributed by atoms with E-state index in [9.17, 15) is 19.2 Å². The van der Waals surface area contributed by atoms with Crippen LogP contribution in [0, 0.1) is 6.92 Å². The molecule has 9 nitrogen and oxygen atoms in total. The number of rotatable bonds is 6. The number of amides is 2. The van der Waals surface area contributed by atoms with Crippen molar-refractivity contribution in [1.29, 1.82) is 0 Å². The highest BCUT2D eigenvalue weighted by molar-refractivity contribution is 6.05. The van der Waals surface area contributed by atoms with E-state index < -0.39 is 23.7 Å². The van der Waals surface area contributed by atoms with Crippen LogP contribution in [-0.2, 0) is 11.3 Å². The Morgan fingerprint density at radius 2 is 1.77 bits per heavy atom. The first kappa shape index (κ1) is 24.4. The summed E-state index contributed by atoms with van der Waals surface area (Å²) in [4.78, 5) is 59.8. The number of likely N-dealkylation sites (tertiary alicyclic amines) is 1. The Labute approximate surface area is 203 Å². The second-order valence-electron chi connectivity index (χ2n) is 9.08. The van der Waals surface area contributed by atoms with Gasteiger partial charge < -0.3 is 10.2 Å². The third kappa shape index (κ3) is 4.89. The van der Waals surface area contributed by atoms with E-state index in [1.54, 1.807) is 42.2 Å². The van der Waals surface area contributed by atoms with Crippen molar-refractivity contribution in [2.45, 2.75) is 59.0 Å². The number of carbonyl (C=O) groups excluding carboxylic acids is 2. The fraction of sp³-hybridized carbons (Fsp3) is 0.423. The lowest BCUT2D eigenvalue weighted by Crippen LogP contribution is -2.45. The van der Waals surface area contributed by atoms with Gasteiger partial charge in [-0.25, -0.2) is 18.9 Å². The Kier molecular flexibility index (Phi) is 7.14. The van der Waals surface area contributed by atoms with Gasteiger partial charge in [-0.05, 0) is 57.7 Å². The van der Waals surface area contributed by atoms with Crippen LogP contribution in [0.2, 0.25) is 0 Å². The minimum absolute atomic E-state index is 0.0472. The molecular weight excluding hydrogens is 446 g/mol. The number of piperidine rings is 1. The van der Waals surface area contributed by atoms with Crippen LogP contribution in [0.25, 0.3) is 16.7 Å². The number of hydrogen-bond donors (Lipinski definition) is 1. The molecule has 0 bridgehead atoms. The highest BCUT2D eigenvalue weighted by Gasteiger charge is 2.26. The number of para-hydroxylation sites is 1. The van der Waals surface area contributed by atoms with Gasteiger partial charge in [0.15, 0.2) is 5.65 Å². The summed E-state index contributed by atoms with van der Waals surface area (Å²) in [5, 5.41) is 2.85. The molecule has 0 spiro atoms. The van der Waals surface area contributed by atoms with Gasteiger partial charge in [0, 0.05) is 24.8 Å². The molecule has 2 aromatic heterocycles. The molecule has 1 aliphatic rings. The molecule has 0 radical (unpaired) electrons. The molecule has 1 saturated heterocycles. The van der Waals surface area contributed by atoms with Crippen molar-refractivity contribution in [3.63, 3.8) is 0 Å². The molecule has 4 rings (SSSR count). The molecule has 184 valence electrons. The summed E-state index contributed by atoms with van der Waals surface area (Å²) < 4.78 is 2.21. The number of hydrogen-bond acceptors (Lipinski definition) is 5. The normalized spacial score (nSPS) is 14.7. The molecule has 3 aromatic rings. The number of aromatic nitrogens is 3. The van der Waals surface area contributed by atoms with Crippen molar-refractivity contribution in [2.75, 3.05) is 13.1 Å². The second-order valence-corrected chi connectivity index (χ2v) is 9.08. The van der Waals surface area contributed by atoms with Gasteiger partial charge >= 0.3 is 5.69 Å². The van der Waals surface area contributed by atoms with E-state index in [2.05, 4.69) is 10.3 Å².